The Morgan fingerprint density at radius 1 is 1.35 bits per heavy atom. The van der Waals surface area contributed by atoms with E-state index in [1.807, 2.05) is 35.1 Å². The average molecular weight is 374 g/mol. The molecule has 0 aliphatic carbocycles. The highest BCUT2D eigenvalue weighted by Crippen LogP contribution is 2.21. The van der Waals surface area contributed by atoms with Crippen molar-refractivity contribution in [2.75, 3.05) is 18.4 Å². The number of carbonyl (C=O) groups is 1. The van der Waals surface area contributed by atoms with Gasteiger partial charge in [0.15, 0.2) is 5.69 Å². The highest BCUT2D eigenvalue weighted by molar-refractivity contribution is 6.03. The lowest BCUT2D eigenvalue weighted by molar-refractivity contribution is 0.102. The van der Waals surface area contributed by atoms with Crippen LogP contribution >= 0.6 is 12.4 Å². The minimum Gasteiger partial charge on any atom is -0.445 e. The zero-order valence-electron chi connectivity index (χ0n) is 14.1. The highest BCUT2D eigenvalue weighted by Gasteiger charge is 2.18. The smallest absolute Gasteiger partial charge is 0.276 e. The van der Waals surface area contributed by atoms with Crippen LogP contribution in [-0.2, 0) is 0 Å². The van der Waals surface area contributed by atoms with Crippen molar-refractivity contribution in [1.29, 1.82) is 0 Å². The van der Waals surface area contributed by atoms with Crippen LogP contribution in [0.15, 0.2) is 53.4 Å². The first-order valence-electron chi connectivity index (χ1n) is 8.37. The number of carbonyl (C=O) groups excluding carboxylic acids is 1. The number of aromatic nitrogens is 3. The number of anilines is 1. The van der Waals surface area contributed by atoms with Gasteiger partial charge in [0.2, 0.25) is 5.89 Å². The van der Waals surface area contributed by atoms with E-state index in [9.17, 15) is 4.79 Å². The van der Waals surface area contributed by atoms with E-state index in [1.165, 1.54) is 6.26 Å². The summed E-state index contributed by atoms with van der Waals surface area (Å²) in [5, 5.41) is 10.7. The van der Waals surface area contributed by atoms with Crippen molar-refractivity contribution >= 4 is 24.0 Å². The molecule has 136 valence electrons. The summed E-state index contributed by atoms with van der Waals surface area (Å²) in [5.74, 6) is 0.289. The van der Waals surface area contributed by atoms with E-state index < -0.39 is 0 Å². The van der Waals surface area contributed by atoms with Gasteiger partial charge in [-0.25, -0.2) is 4.98 Å². The maximum Gasteiger partial charge on any atom is 0.276 e. The highest BCUT2D eigenvalue weighted by atomic mass is 35.5. The summed E-state index contributed by atoms with van der Waals surface area (Å²) in [7, 11) is 0. The number of amides is 1. The van der Waals surface area contributed by atoms with Gasteiger partial charge >= 0.3 is 0 Å². The van der Waals surface area contributed by atoms with Crippen molar-refractivity contribution in [2.45, 2.75) is 18.9 Å². The van der Waals surface area contributed by atoms with E-state index in [-0.39, 0.29) is 18.3 Å². The van der Waals surface area contributed by atoms with Gasteiger partial charge in [-0.2, -0.15) is 5.10 Å². The second-order valence-corrected chi connectivity index (χ2v) is 6.05. The molecular formula is C18H20ClN5O2. The van der Waals surface area contributed by atoms with Crippen molar-refractivity contribution in [3.63, 3.8) is 0 Å². The third-order valence-electron chi connectivity index (χ3n) is 4.29. The summed E-state index contributed by atoms with van der Waals surface area (Å²) in [5.41, 5.74) is 1.89. The van der Waals surface area contributed by atoms with Crippen LogP contribution in [-0.4, -0.2) is 33.8 Å². The van der Waals surface area contributed by atoms with E-state index in [2.05, 4.69) is 20.7 Å². The summed E-state index contributed by atoms with van der Waals surface area (Å²) in [6.07, 6.45) is 7.18. The maximum absolute atomic E-state index is 12.5. The van der Waals surface area contributed by atoms with Crippen molar-refractivity contribution in [3.05, 3.63) is 54.7 Å². The lowest BCUT2D eigenvalue weighted by Crippen LogP contribution is -2.32. The zero-order valence-corrected chi connectivity index (χ0v) is 14.9. The van der Waals surface area contributed by atoms with Gasteiger partial charge in [0.05, 0.1) is 12.2 Å². The zero-order chi connectivity index (χ0) is 17.1. The van der Waals surface area contributed by atoms with Crippen LogP contribution in [0.5, 0.6) is 0 Å². The number of hydrogen-bond acceptors (Lipinski definition) is 5. The molecule has 1 aliphatic heterocycles. The maximum atomic E-state index is 12.5. The third kappa shape index (κ3) is 3.95. The number of nitrogens with zero attached hydrogens (tertiary/aromatic N) is 3. The van der Waals surface area contributed by atoms with Crippen LogP contribution in [0.1, 0.15) is 29.4 Å². The molecule has 0 bridgehead atoms. The molecule has 8 heteroatoms. The minimum absolute atomic E-state index is 0. The number of piperidine rings is 1. The van der Waals surface area contributed by atoms with Crippen molar-refractivity contribution in [2.24, 2.45) is 0 Å². The van der Waals surface area contributed by atoms with E-state index >= 15 is 0 Å². The molecule has 1 aliphatic rings. The van der Waals surface area contributed by atoms with Gasteiger partial charge in [0.1, 0.15) is 6.26 Å². The molecule has 4 rings (SSSR count). The molecule has 3 heterocycles. The molecule has 7 nitrogen and oxygen atoms in total. The van der Waals surface area contributed by atoms with E-state index in [0.717, 1.165) is 31.5 Å². The Balaban J connectivity index is 0.00000196. The minimum atomic E-state index is -0.230. The van der Waals surface area contributed by atoms with E-state index in [4.69, 9.17) is 4.42 Å². The Kier molecular flexibility index (Phi) is 5.70. The third-order valence-corrected chi connectivity index (χ3v) is 4.29. The summed E-state index contributed by atoms with van der Waals surface area (Å²) in [6, 6.07) is 9.44. The normalized spacial score (nSPS) is 16.7. The SMILES string of the molecule is Cl.O=C(Nc1cccc(-c2ncco2)c1)c1ccn(C2CCCNC2)n1. The topological polar surface area (TPSA) is 85.0 Å². The molecule has 0 spiro atoms. The Labute approximate surface area is 157 Å². The number of rotatable bonds is 4. The quantitative estimate of drug-likeness (QED) is 0.733. The fraction of sp³-hybridized carbons (Fsp3) is 0.278. The molecule has 1 unspecified atom stereocenters. The second kappa shape index (κ2) is 8.16. The first-order chi connectivity index (χ1) is 12.3. The number of benzene rings is 1. The molecular weight excluding hydrogens is 354 g/mol. The molecule has 0 saturated carbocycles. The molecule has 1 amide bonds. The Bertz CT molecular complexity index is 856. The predicted octanol–water partition coefficient (Wildman–Crippen LogP) is 3.14. The standard InChI is InChI=1S/C18H19N5O2.ClH/c24-17(16-6-9-23(22-16)15-5-2-7-19-12-15)21-14-4-1-3-13(11-14)18-20-8-10-25-18;/h1,3-4,6,8-11,15,19H,2,5,7,12H2,(H,21,24);1H. The summed E-state index contributed by atoms with van der Waals surface area (Å²) < 4.78 is 7.17. The lowest BCUT2D eigenvalue weighted by Gasteiger charge is -2.22. The summed E-state index contributed by atoms with van der Waals surface area (Å²) >= 11 is 0. The summed E-state index contributed by atoms with van der Waals surface area (Å²) in [4.78, 5) is 16.6. The fourth-order valence-electron chi connectivity index (χ4n) is 3.01. The van der Waals surface area contributed by atoms with Crippen LogP contribution in [0, 0.1) is 0 Å². The Hall–Kier alpha value is -2.64. The molecule has 2 aromatic heterocycles. The molecule has 1 fully saturated rings. The predicted molar refractivity (Wildman–Crippen MR) is 101 cm³/mol. The molecule has 3 aromatic rings. The molecule has 1 aromatic carbocycles. The molecule has 0 radical (unpaired) electrons. The number of nitrogens with one attached hydrogen (secondary N) is 2. The largest absolute Gasteiger partial charge is 0.445 e. The van der Waals surface area contributed by atoms with Gasteiger partial charge < -0.3 is 15.1 Å². The van der Waals surface area contributed by atoms with Crippen molar-refractivity contribution in [1.82, 2.24) is 20.1 Å². The number of hydrogen-bond donors (Lipinski definition) is 2. The molecule has 1 saturated heterocycles. The average Bonchev–Trinajstić information content (AvgIpc) is 3.35. The number of oxazole rings is 1. The van der Waals surface area contributed by atoms with Crippen molar-refractivity contribution < 1.29 is 9.21 Å². The van der Waals surface area contributed by atoms with Crippen LogP contribution < -0.4 is 10.6 Å². The first kappa shape index (κ1) is 18.2. The molecule has 2 N–H and O–H groups in total. The van der Waals surface area contributed by atoms with Gasteiger partial charge in [-0.3, -0.25) is 9.48 Å². The van der Waals surface area contributed by atoms with E-state index in [0.29, 0.717) is 23.3 Å². The fourth-order valence-corrected chi connectivity index (χ4v) is 3.01. The van der Waals surface area contributed by atoms with Crippen LogP contribution in [0.3, 0.4) is 0 Å². The van der Waals surface area contributed by atoms with E-state index in [1.54, 1.807) is 12.3 Å². The van der Waals surface area contributed by atoms with Gasteiger partial charge in [-0.05, 0) is 43.7 Å². The van der Waals surface area contributed by atoms with Gasteiger partial charge in [-0.15, -0.1) is 12.4 Å². The summed E-state index contributed by atoms with van der Waals surface area (Å²) in [6.45, 7) is 1.94. The van der Waals surface area contributed by atoms with Gasteiger partial charge in [0, 0.05) is 24.0 Å². The molecule has 26 heavy (non-hydrogen) atoms. The Morgan fingerprint density at radius 2 is 2.27 bits per heavy atom. The van der Waals surface area contributed by atoms with Gasteiger partial charge in [0.25, 0.3) is 5.91 Å². The van der Waals surface area contributed by atoms with Crippen LogP contribution in [0.4, 0.5) is 5.69 Å². The lowest BCUT2D eigenvalue weighted by atomic mass is 10.1. The molecule has 1 atom stereocenters. The monoisotopic (exact) mass is 373 g/mol. The van der Waals surface area contributed by atoms with Crippen LogP contribution in [0.2, 0.25) is 0 Å². The van der Waals surface area contributed by atoms with Crippen molar-refractivity contribution in [3.8, 4) is 11.5 Å². The van der Waals surface area contributed by atoms with Crippen LogP contribution in [0.25, 0.3) is 11.5 Å². The second-order valence-electron chi connectivity index (χ2n) is 6.05. The Morgan fingerprint density at radius 3 is 3.04 bits per heavy atom. The van der Waals surface area contributed by atoms with Gasteiger partial charge in [-0.1, -0.05) is 6.07 Å². The number of halogens is 1. The first-order valence-corrected chi connectivity index (χ1v) is 8.37.